The summed E-state index contributed by atoms with van der Waals surface area (Å²) in [5.41, 5.74) is 2.19. The summed E-state index contributed by atoms with van der Waals surface area (Å²) in [6, 6.07) is 12.3. The fraction of sp³-hybridized carbons (Fsp3) is 0.286. The minimum absolute atomic E-state index is 0.368. The van der Waals surface area contributed by atoms with Crippen molar-refractivity contribution in [3.63, 3.8) is 0 Å². The zero-order chi connectivity index (χ0) is 12.3. The van der Waals surface area contributed by atoms with Crippen LogP contribution in [0.5, 0.6) is 0 Å². The van der Waals surface area contributed by atoms with E-state index in [0.717, 1.165) is 21.1 Å². The minimum atomic E-state index is 0.368. The van der Waals surface area contributed by atoms with Crippen LogP contribution in [0.15, 0.2) is 30.3 Å². The van der Waals surface area contributed by atoms with Gasteiger partial charge >= 0.3 is 0 Å². The van der Waals surface area contributed by atoms with Crippen molar-refractivity contribution in [2.45, 2.75) is 26.2 Å². The molecule has 3 heteroatoms. The molecule has 17 heavy (non-hydrogen) atoms. The average molecular weight is 242 g/mol. The van der Waals surface area contributed by atoms with Gasteiger partial charge in [0.25, 0.3) is 0 Å². The van der Waals surface area contributed by atoms with Gasteiger partial charge in [-0.3, -0.25) is 0 Å². The van der Waals surface area contributed by atoms with Crippen LogP contribution < -0.4 is 0 Å². The first kappa shape index (κ1) is 11.8. The molecule has 0 unspecified atom stereocenters. The summed E-state index contributed by atoms with van der Waals surface area (Å²) in [5, 5.41) is 9.85. The molecule has 0 atom stereocenters. The van der Waals surface area contributed by atoms with Gasteiger partial charge < -0.3 is 0 Å². The summed E-state index contributed by atoms with van der Waals surface area (Å²) in [6.45, 7) is 4.23. The number of rotatable bonds is 3. The zero-order valence-corrected chi connectivity index (χ0v) is 10.8. The normalized spacial score (nSPS) is 10.5. The Bertz CT molecular complexity index is 535. The van der Waals surface area contributed by atoms with Gasteiger partial charge in [-0.05, 0) is 5.92 Å². The maximum atomic E-state index is 8.83. The van der Waals surface area contributed by atoms with E-state index in [4.69, 9.17) is 5.26 Å². The first-order chi connectivity index (χ1) is 8.22. The standard InChI is InChI=1S/C14H14N2S/c1-10(2)13-12(8-9-15)17-14(16-13)11-6-4-3-5-7-11/h3-7,10H,8H2,1-2H3. The third-order valence-electron chi connectivity index (χ3n) is 2.53. The molecule has 0 amide bonds. The molecule has 0 fully saturated rings. The van der Waals surface area contributed by atoms with Gasteiger partial charge in [-0.2, -0.15) is 5.26 Å². The van der Waals surface area contributed by atoms with Crippen LogP contribution in [-0.2, 0) is 6.42 Å². The van der Waals surface area contributed by atoms with Crippen LogP contribution in [0.1, 0.15) is 30.3 Å². The number of thiazole rings is 1. The number of hydrogen-bond donors (Lipinski definition) is 0. The highest BCUT2D eigenvalue weighted by Gasteiger charge is 2.14. The van der Waals surface area contributed by atoms with Gasteiger partial charge in [0.15, 0.2) is 0 Å². The highest BCUT2D eigenvalue weighted by atomic mass is 32.1. The lowest BCUT2D eigenvalue weighted by atomic mass is 10.1. The Morgan fingerprint density at radius 3 is 2.59 bits per heavy atom. The van der Waals surface area contributed by atoms with E-state index in [-0.39, 0.29) is 0 Å². The molecule has 0 bridgehead atoms. The fourth-order valence-corrected chi connectivity index (χ4v) is 2.87. The summed E-state index contributed by atoms with van der Waals surface area (Å²) in [4.78, 5) is 5.76. The van der Waals surface area contributed by atoms with E-state index in [1.165, 1.54) is 0 Å². The van der Waals surface area contributed by atoms with E-state index in [0.29, 0.717) is 12.3 Å². The third kappa shape index (κ3) is 2.54. The average Bonchev–Trinajstić information content (AvgIpc) is 2.75. The van der Waals surface area contributed by atoms with Crippen molar-refractivity contribution in [1.29, 1.82) is 5.26 Å². The second-order valence-corrected chi connectivity index (χ2v) is 5.27. The highest BCUT2D eigenvalue weighted by Crippen LogP contribution is 2.31. The lowest BCUT2D eigenvalue weighted by Crippen LogP contribution is -1.92. The first-order valence-electron chi connectivity index (χ1n) is 5.64. The Morgan fingerprint density at radius 2 is 2.00 bits per heavy atom. The summed E-state index contributed by atoms with van der Waals surface area (Å²) in [7, 11) is 0. The molecule has 0 aliphatic carbocycles. The van der Waals surface area contributed by atoms with Gasteiger partial charge in [0.2, 0.25) is 0 Å². The lowest BCUT2D eigenvalue weighted by molar-refractivity contribution is 0.822. The van der Waals surface area contributed by atoms with Gasteiger partial charge in [0.05, 0.1) is 18.2 Å². The van der Waals surface area contributed by atoms with Crippen molar-refractivity contribution >= 4 is 11.3 Å². The topological polar surface area (TPSA) is 36.7 Å². The molecular weight excluding hydrogens is 228 g/mol. The Labute approximate surface area is 106 Å². The van der Waals surface area contributed by atoms with Crippen molar-refractivity contribution in [2.24, 2.45) is 0 Å². The molecule has 0 aliphatic rings. The van der Waals surface area contributed by atoms with Crippen LogP contribution in [0.2, 0.25) is 0 Å². The van der Waals surface area contributed by atoms with Crippen molar-refractivity contribution < 1.29 is 0 Å². The predicted molar refractivity (Wildman–Crippen MR) is 71.0 cm³/mol. The third-order valence-corrected chi connectivity index (χ3v) is 3.66. The Kier molecular flexibility index (Phi) is 3.55. The Morgan fingerprint density at radius 1 is 1.29 bits per heavy atom. The molecule has 0 aliphatic heterocycles. The van der Waals surface area contributed by atoms with E-state index in [9.17, 15) is 0 Å². The van der Waals surface area contributed by atoms with Crippen LogP contribution >= 0.6 is 11.3 Å². The van der Waals surface area contributed by atoms with Gasteiger partial charge in [-0.15, -0.1) is 11.3 Å². The second-order valence-electron chi connectivity index (χ2n) is 4.18. The van der Waals surface area contributed by atoms with E-state index >= 15 is 0 Å². The highest BCUT2D eigenvalue weighted by molar-refractivity contribution is 7.15. The molecule has 0 saturated carbocycles. The van der Waals surface area contributed by atoms with Crippen LogP contribution in [0, 0.1) is 11.3 Å². The van der Waals surface area contributed by atoms with Crippen molar-refractivity contribution in [1.82, 2.24) is 4.98 Å². The van der Waals surface area contributed by atoms with E-state index in [1.807, 2.05) is 18.2 Å². The van der Waals surface area contributed by atoms with E-state index in [1.54, 1.807) is 11.3 Å². The van der Waals surface area contributed by atoms with Crippen LogP contribution in [0.4, 0.5) is 0 Å². The molecule has 0 N–H and O–H groups in total. The largest absolute Gasteiger partial charge is 0.241 e. The second kappa shape index (κ2) is 5.11. The smallest absolute Gasteiger partial charge is 0.123 e. The first-order valence-corrected chi connectivity index (χ1v) is 6.46. The fourth-order valence-electron chi connectivity index (χ4n) is 1.72. The summed E-state index contributed by atoms with van der Waals surface area (Å²) in [6.07, 6.45) is 0.456. The van der Waals surface area contributed by atoms with Crippen LogP contribution in [0.25, 0.3) is 10.6 Å². The van der Waals surface area contributed by atoms with Gasteiger partial charge in [0.1, 0.15) is 5.01 Å². The van der Waals surface area contributed by atoms with Gasteiger partial charge in [-0.1, -0.05) is 44.2 Å². The molecule has 2 nitrogen and oxygen atoms in total. The summed E-state index contributed by atoms with van der Waals surface area (Å²) >= 11 is 1.63. The minimum Gasteiger partial charge on any atom is -0.241 e. The molecule has 1 heterocycles. The molecule has 1 aromatic heterocycles. The molecule has 2 rings (SSSR count). The number of nitriles is 1. The predicted octanol–water partition coefficient (Wildman–Crippen LogP) is 4.00. The molecule has 2 aromatic rings. The molecule has 0 saturated heterocycles. The van der Waals surface area contributed by atoms with E-state index in [2.05, 4.69) is 37.0 Å². The number of nitrogens with zero attached hydrogens (tertiary/aromatic N) is 2. The number of benzene rings is 1. The van der Waals surface area contributed by atoms with Crippen molar-refractivity contribution in [3.05, 3.63) is 40.9 Å². The maximum absolute atomic E-state index is 8.83. The monoisotopic (exact) mass is 242 g/mol. The SMILES string of the molecule is CC(C)c1nc(-c2ccccc2)sc1CC#N. The Hall–Kier alpha value is -1.66. The zero-order valence-electron chi connectivity index (χ0n) is 9.97. The molecule has 86 valence electrons. The van der Waals surface area contributed by atoms with Gasteiger partial charge in [0, 0.05) is 10.4 Å². The molecule has 0 spiro atoms. The molecular formula is C14H14N2S. The summed E-state index contributed by atoms with van der Waals surface area (Å²) in [5.74, 6) is 0.368. The lowest BCUT2D eigenvalue weighted by Gasteiger charge is -2.01. The quantitative estimate of drug-likeness (QED) is 0.815. The molecule has 1 aromatic carbocycles. The van der Waals surface area contributed by atoms with E-state index < -0.39 is 0 Å². The van der Waals surface area contributed by atoms with Crippen LogP contribution in [-0.4, -0.2) is 4.98 Å². The maximum Gasteiger partial charge on any atom is 0.123 e. The van der Waals surface area contributed by atoms with Crippen molar-refractivity contribution in [2.75, 3.05) is 0 Å². The molecule has 0 radical (unpaired) electrons. The van der Waals surface area contributed by atoms with Crippen LogP contribution in [0.3, 0.4) is 0 Å². The van der Waals surface area contributed by atoms with Gasteiger partial charge in [-0.25, -0.2) is 4.98 Å². The summed E-state index contributed by atoms with van der Waals surface area (Å²) < 4.78 is 0. The number of hydrogen-bond acceptors (Lipinski definition) is 3. The Balaban J connectivity index is 2.44. The van der Waals surface area contributed by atoms with Crippen molar-refractivity contribution in [3.8, 4) is 16.6 Å². The number of aromatic nitrogens is 1.